The van der Waals surface area contributed by atoms with Crippen molar-refractivity contribution in [1.82, 2.24) is 0 Å². The summed E-state index contributed by atoms with van der Waals surface area (Å²) in [4.78, 5) is 0. The number of rotatable bonds is 7. The normalized spacial score (nSPS) is 18.2. The lowest BCUT2D eigenvalue weighted by molar-refractivity contribution is 0.411. The van der Waals surface area contributed by atoms with Crippen LogP contribution in [-0.4, -0.2) is 11.5 Å². The predicted octanol–water partition coefficient (Wildman–Crippen LogP) is 4.59. The minimum atomic E-state index is 0.879. The molecule has 0 aromatic heterocycles. The second-order valence-corrected chi connectivity index (χ2v) is 5.33. The molecule has 0 aromatic carbocycles. The minimum absolute atomic E-state index is 0.879. The van der Waals surface area contributed by atoms with E-state index in [1.807, 2.05) is 11.8 Å². The molecule has 13 heavy (non-hydrogen) atoms. The topological polar surface area (TPSA) is 0 Å². The third kappa shape index (κ3) is 5.61. The molecular formula is C12H26S. The van der Waals surface area contributed by atoms with Crippen molar-refractivity contribution >= 4 is 11.8 Å². The Hall–Kier alpha value is 0.350. The van der Waals surface area contributed by atoms with Gasteiger partial charge in [-0.3, -0.25) is 0 Å². The van der Waals surface area contributed by atoms with Crippen molar-refractivity contribution in [3.05, 3.63) is 0 Å². The summed E-state index contributed by atoms with van der Waals surface area (Å²) in [6.07, 6.45) is 7.72. The molecule has 0 saturated heterocycles. The van der Waals surface area contributed by atoms with E-state index in [0.29, 0.717) is 0 Å². The maximum atomic E-state index is 2.41. The van der Waals surface area contributed by atoms with Gasteiger partial charge in [-0.25, -0.2) is 0 Å². The van der Waals surface area contributed by atoms with Crippen LogP contribution in [0.1, 0.15) is 53.4 Å². The maximum Gasteiger partial charge on any atom is 0.00672 e. The van der Waals surface area contributed by atoms with Gasteiger partial charge in [0.2, 0.25) is 0 Å². The zero-order valence-electron chi connectivity index (χ0n) is 9.97. The largest absolute Gasteiger partial charge is 0.162 e. The third-order valence-electron chi connectivity index (χ3n) is 3.15. The standard InChI is InChI=1S/C12H26S/c1-6-10(3)8-9-11(4)12(7-2)13-5/h10-12H,6-9H2,1-5H3. The Morgan fingerprint density at radius 2 is 1.62 bits per heavy atom. The Morgan fingerprint density at radius 3 is 2.00 bits per heavy atom. The van der Waals surface area contributed by atoms with Gasteiger partial charge in [-0.2, -0.15) is 11.8 Å². The second kappa shape index (κ2) is 7.73. The highest BCUT2D eigenvalue weighted by molar-refractivity contribution is 7.99. The molecule has 0 N–H and O–H groups in total. The van der Waals surface area contributed by atoms with Crippen LogP contribution in [0.4, 0.5) is 0 Å². The molecule has 0 aliphatic carbocycles. The van der Waals surface area contributed by atoms with E-state index in [1.54, 1.807) is 0 Å². The Bertz CT molecular complexity index is 108. The maximum absolute atomic E-state index is 2.41. The van der Waals surface area contributed by atoms with Crippen LogP contribution in [0, 0.1) is 11.8 Å². The highest BCUT2D eigenvalue weighted by Gasteiger charge is 2.14. The molecule has 80 valence electrons. The van der Waals surface area contributed by atoms with Crippen molar-refractivity contribution in [3.63, 3.8) is 0 Å². The van der Waals surface area contributed by atoms with Gasteiger partial charge in [-0.05, 0) is 30.9 Å². The summed E-state index contributed by atoms with van der Waals surface area (Å²) in [5, 5.41) is 0.879. The summed E-state index contributed by atoms with van der Waals surface area (Å²) in [6, 6.07) is 0. The van der Waals surface area contributed by atoms with Crippen LogP contribution >= 0.6 is 11.8 Å². The molecule has 3 unspecified atom stereocenters. The summed E-state index contributed by atoms with van der Waals surface area (Å²) in [5.74, 6) is 1.82. The molecule has 1 heteroatoms. The van der Waals surface area contributed by atoms with Crippen molar-refractivity contribution < 1.29 is 0 Å². The van der Waals surface area contributed by atoms with Crippen LogP contribution < -0.4 is 0 Å². The molecule has 0 nitrogen and oxygen atoms in total. The molecule has 0 amide bonds. The van der Waals surface area contributed by atoms with Crippen LogP contribution in [0.2, 0.25) is 0 Å². The lowest BCUT2D eigenvalue weighted by Gasteiger charge is -2.21. The quantitative estimate of drug-likeness (QED) is 0.582. The lowest BCUT2D eigenvalue weighted by Crippen LogP contribution is -2.13. The van der Waals surface area contributed by atoms with Gasteiger partial charge in [0.25, 0.3) is 0 Å². The summed E-state index contributed by atoms with van der Waals surface area (Å²) < 4.78 is 0. The predicted molar refractivity (Wildman–Crippen MR) is 65.4 cm³/mol. The van der Waals surface area contributed by atoms with E-state index in [0.717, 1.165) is 17.1 Å². The van der Waals surface area contributed by atoms with Gasteiger partial charge in [0.1, 0.15) is 0 Å². The van der Waals surface area contributed by atoms with Crippen LogP contribution in [0.15, 0.2) is 0 Å². The first-order valence-corrected chi connectivity index (χ1v) is 6.97. The first-order chi connectivity index (χ1) is 6.15. The van der Waals surface area contributed by atoms with Gasteiger partial charge in [0, 0.05) is 5.25 Å². The third-order valence-corrected chi connectivity index (χ3v) is 4.55. The molecule has 0 aliphatic heterocycles. The Kier molecular flexibility index (Phi) is 7.93. The molecule has 0 bridgehead atoms. The monoisotopic (exact) mass is 202 g/mol. The average Bonchev–Trinajstić information content (AvgIpc) is 2.16. The van der Waals surface area contributed by atoms with Gasteiger partial charge in [-0.15, -0.1) is 0 Å². The molecule has 0 fully saturated rings. The molecule has 0 saturated carbocycles. The minimum Gasteiger partial charge on any atom is -0.162 e. The smallest absolute Gasteiger partial charge is 0.00672 e. The summed E-state index contributed by atoms with van der Waals surface area (Å²) in [6.45, 7) is 9.38. The van der Waals surface area contributed by atoms with E-state index in [1.165, 1.54) is 25.7 Å². The zero-order chi connectivity index (χ0) is 10.3. The summed E-state index contributed by atoms with van der Waals surface area (Å²) >= 11 is 2.04. The van der Waals surface area contributed by atoms with Crippen molar-refractivity contribution in [1.29, 1.82) is 0 Å². The molecule has 0 heterocycles. The Labute approximate surface area is 88.9 Å². The second-order valence-electron chi connectivity index (χ2n) is 4.25. The van der Waals surface area contributed by atoms with E-state index < -0.39 is 0 Å². The van der Waals surface area contributed by atoms with Gasteiger partial charge in [-0.1, -0.05) is 40.5 Å². The van der Waals surface area contributed by atoms with E-state index in [4.69, 9.17) is 0 Å². The highest BCUT2D eigenvalue weighted by Crippen LogP contribution is 2.25. The van der Waals surface area contributed by atoms with E-state index in [9.17, 15) is 0 Å². The van der Waals surface area contributed by atoms with Crippen LogP contribution in [0.3, 0.4) is 0 Å². The SMILES string of the molecule is CCC(C)CCC(C)C(CC)SC. The van der Waals surface area contributed by atoms with Gasteiger partial charge >= 0.3 is 0 Å². The van der Waals surface area contributed by atoms with Crippen molar-refractivity contribution in [2.24, 2.45) is 11.8 Å². The lowest BCUT2D eigenvalue weighted by atomic mass is 9.93. The highest BCUT2D eigenvalue weighted by atomic mass is 32.2. The average molecular weight is 202 g/mol. The fourth-order valence-electron chi connectivity index (χ4n) is 1.74. The fraction of sp³-hybridized carbons (Fsp3) is 1.00. The number of hydrogen-bond acceptors (Lipinski definition) is 1. The summed E-state index contributed by atoms with van der Waals surface area (Å²) in [7, 11) is 0. The van der Waals surface area contributed by atoms with Gasteiger partial charge in [0.15, 0.2) is 0 Å². The van der Waals surface area contributed by atoms with Crippen molar-refractivity contribution in [2.75, 3.05) is 6.26 Å². The molecule has 0 radical (unpaired) electrons. The number of thioether (sulfide) groups is 1. The van der Waals surface area contributed by atoms with E-state index in [-0.39, 0.29) is 0 Å². The Balaban J connectivity index is 3.65. The summed E-state index contributed by atoms with van der Waals surface area (Å²) in [5.41, 5.74) is 0. The zero-order valence-corrected chi connectivity index (χ0v) is 10.8. The van der Waals surface area contributed by atoms with Gasteiger partial charge < -0.3 is 0 Å². The molecular weight excluding hydrogens is 176 g/mol. The Morgan fingerprint density at radius 1 is 1.00 bits per heavy atom. The van der Waals surface area contributed by atoms with E-state index in [2.05, 4.69) is 34.0 Å². The first-order valence-electron chi connectivity index (χ1n) is 5.68. The van der Waals surface area contributed by atoms with E-state index >= 15 is 0 Å². The molecule has 0 spiro atoms. The van der Waals surface area contributed by atoms with Crippen LogP contribution in [-0.2, 0) is 0 Å². The fourth-order valence-corrected chi connectivity index (χ4v) is 2.67. The molecule has 0 rings (SSSR count). The molecule has 3 atom stereocenters. The first kappa shape index (κ1) is 13.4. The number of hydrogen-bond donors (Lipinski definition) is 0. The van der Waals surface area contributed by atoms with Gasteiger partial charge in [0.05, 0.1) is 0 Å². The van der Waals surface area contributed by atoms with Crippen molar-refractivity contribution in [3.8, 4) is 0 Å². The molecule has 0 aliphatic rings. The van der Waals surface area contributed by atoms with Crippen LogP contribution in [0.5, 0.6) is 0 Å². The van der Waals surface area contributed by atoms with Crippen molar-refractivity contribution in [2.45, 2.75) is 58.6 Å². The van der Waals surface area contributed by atoms with Crippen LogP contribution in [0.25, 0.3) is 0 Å². The molecule has 0 aromatic rings.